The second kappa shape index (κ2) is 6.33. The molecule has 3 nitrogen and oxygen atoms in total. The van der Waals surface area contributed by atoms with Gasteiger partial charge in [0.25, 0.3) is 0 Å². The first-order valence-corrected chi connectivity index (χ1v) is 7.67. The molecule has 0 amide bonds. The van der Waals surface area contributed by atoms with Gasteiger partial charge in [-0.1, -0.05) is 23.7 Å². The third-order valence-electron chi connectivity index (χ3n) is 3.12. The van der Waals surface area contributed by atoms with E-state index in [0.29, 0.717) is 0 Å². The molecule has 1 heterocycles. The molecular weight excluding hydrogens is 350 g/mol. The van der Waals surface area contributed by atoms with Crippen molar-refractivity contribution in [2.24, 2.45) is 0 Å². The molecule has 0 radical (unpaired) electrons. The second-order valence-corrected chi connectivity index (χ2v) is 5.89. The number of halogens is 2. The normalized spacial score (nSPS) is 10.6. The molecule has 0 aliphatic carbocycles. The molecular formula is C16H13BrClN3. The van der Waals surface area contributed by atoms with E-state index < -0.39 is 0 Å². The predicted octanol–water partition coefficient (Wildman–Crippen LogP) is 4.90. The standard InChI is InChI=1S/C16H13BrClN3/c17-15-10-13(18)4-7-16(15)19-11-12-2-5-14(6-3-12)21-9-1-8-20-21/h1-10,19H,11H2. The van der Waals surface area contributed by atoms with Crippen LogP contribution in [0.3, 0.4) is 0 Å². The van der Waals surface area contributed by atoms with Gasteiger partial charge in [0.15, 0.2) is 0 Å². The van der Waals surface area contributed by atoms with Crippen molar-refractivity contribution in [3.63, 3.8) is 0 Å². The molecule has 0 saturated carbocycles. The van der Waals surface area contributed by atoms with Gasteiger partial charge >= 0.3 is 0 Å². The lowest BCUT2D eigenvalue weighted by molar-refractivity contribution is 0.879. The van der Waals surface area contributed by atoms with E-state index in [-0.39, 0.29) is 0 Å². The summed E-state index contributed by atoms with van der Waals surface area (Å²) in [6, 6.07) is 15.9. The quantitative estimate of drug-likeness (QED) is 0.715. The zero-order valence-corrected chi connectivity index (χ0v) is 13.5. The van der Waals surface area contributed by atoms with E-state index in [1.165, 1.54) is 5.56 Å². The van der Waals surface area contributed by atoms with E-state index in [4.69, 9.17) is 11.6 Å². The number of rotatable bonds is 4. The molecule has 5 heteroatoms. The van der Waals surface area contributed by atoms with Crippen molar-refractivity contribution >= 4 is 33.2 Å². The molecule has 106 valence electrons. The SMILES string of the molecule is Clc1ccc(NCc2ccc(-n3cccn3)cc2)c(Br)c1. The monoisotopic (exact) mass is 361 g/mol. The molecule has 0 bridgehead atoms. The summed E-state index contributed by atoms with van der Waals surface area (Å²) in [4.78, 5) is 0. The zero-order valence-electron chi connectivity index (χ0n) is 11.1. The zero-order chi connectivity index (χ0) is 14.7. The van der Waals surface area contributed by atoms with Crippen LogP contribution in [0.4, 0.5) is 5.69 Å². The van der Waals surface area contributed by atoms with Gasteiger partial charge in [-0.3, -0.25) is 0 Å². The molecule has 1 aromatic heterocycles. The van der Waals surface area contributed by atoms with Crippen molar-refractivity contribution in [3.05, 3.63) is 76.0 Å². The number of benzene rings is 2. The molecule has 0 fully saturated rings. The third kappa shape index (κ3) is 3.46. The van der Waals surface area contributed by atoms with E-state index in [0.717, 1.165) is 27.4 Å². The van der Waals surface area contributed by atoms with Crippen LogP contribution < -0.4 is 5.32 Å². The molecule has 0 aliphatic heterocycles. The summed E-state index contributed by atoms with van der Waals surface area (Å²) >= 11 is 9.43. The minimum Gasteiger partial charge on any atom is -0.380 e. The number of aromatic nitrogens is 2. The lowest BCUT2D eigenvalue weighted by atomic mass is 10.2. The summed E-state index contributed by atoms with van der Waals surface area (Å²) in [5.74, 6) is 0. The Balaban J connectivity index is 1.68. The summed E-state index contributed by atoms with van der Waals surface area (Å²) in [7, 11) is 0. The van der Waals surface area contributed by atoms with Crippen LogP contribution >= 0.6 is 27.5 Å². The Bertz CT molecular complexity index is 724. The molecule has 3 rings (SSSR count). The average molecular weight is 363 g/mol. The summed E-state index contributed by atoms with van der Waals surface area (Å²) in [5.41, 5.74) is 3.28. The van der Waals surface area contributed by atoms with Crippen molar-refractivity contribution in [1.29, 1.82) is 0 Å². The first-order chi connectivity index (χ1) is 10.2. The van der Waals surface area contributed by atoms with Gasteiger partial charge < -0.3 is 5.32 Å². The highest BCUT2D eigenvalue weighted by Gasteiger charge is 2.01. The highest BCUT2D eigenvalue weighted by molar-refractivity contribution is 9.10. The molecule has 0 atom stereocenters. The van der Waals surface area contributed by atoms with Gasteiger partial charge in [-0.05, 0) is 57.9 Å². The van der Waals surface area contributed by atoms with E-state index in [1.807, 2.05) is 35.1 Å². The minimum atomic E-state index is 0.719. The fourth-order valence-corrected chi connectivity index (χ4v) is 2.84. The number of anilines is 1. The fraction of sp³-hybridized carbons (Fsp3) is 0.0625. The van der Waals surface area contributed by atoms with Crippen molar-refractivity contribution in [1.82, 2.24) is 9.78 Å². The average Bonchev–Trinajstić information content (AvgIpc) is 3.01. The molecule has 3 aromatic rings. The van der Waals surface area contributed by atoms with Gasteiger partial charge in [-0.15, -0.1) is 0 Å². The highest BCUT2D eigenvalue weighted by Crippen LogP contribution is 2.26. The first kappa shape index (κ1) is 14.2. The lowest BCUT2D eigenvalue weighted by Gasteiger charge is -2.09. The smallest absolute Gasteiger partial charge is 0.0645 e. The summed E-state index contributed by atoms with van der Waals surface area (Å²) in [6.07, 6.45) is 3.70. The van der Waals surface area contributed by atoms with Crippen LogP contribution in [0.5, 0.6) is 0 Å². The second-order valence-electron chi connectivity index (χ2n) is 4.59. The van der Waals surface area contributed by atoms with Gasteiger partial charge in [0.05, 0.1) is 5.69 Å². The molecule has 1 N–H and O–H groups in total. The van der Waals surface area contributed by atoms with Crippen molar-refractivity contribution < 1.29 is 0 Å². The van der Waals surface area contributed by atoms with Crippen molar-refractivity contribution in [2.45, 2.75) is 6.54 Å². The van der Waals surface area contributed by atoms with Gasteiger partial charge in [0.1, 0.15) is 0 Å². The topological polar surface area (TPSA) is 29.9 Å². The third-order valence-corrected chi connectivity index (χ3v) is 4.01. The molecule has 21 heavy (non-hydrogen) atoms. The number of hydrogen-bond acceptors (Lipinski definition) is 2. The van der Waals surface area contributed by atoms with E-state index >= 15 is 0 Å². The number of hydrogen-bond donors (Lipinski definition) is 1. The molecule has 0 saturated heterocycles. The maximum atomic E-state index is 5.93. The molecule has 2 aromatic carbocycles. The first-order valence-electron chi connectivity index (χ1n) is 6.50. The Kier molecular flexibility index (Phi) is 4.27. The fourth-order valence-electron chi connectivity index (χ4n) is 2.02. The van der Waals surface area contributed by atoms with Crippen molar-refractivity contribution in [2.75, 3.05) is 5.32 Å². The molecule has 0 spiro atoms. The van der Waals surface area contributed by atoms with Crippen LogP contribution in [0.25, 0.3) is 5.69 Å². The van der Waals surface area contributed by atoms with E-state index in [2.05, 4.69) is 50.6 Å². The maximum Gasteiger partial charge on any atom is 0.0645 e. The predicted molar refractivity (Wildman–Crippen MR) is 90.0 cm³/mol. The summed E-state index contributed by atoms with van der Waals surface area (Å²) < 4.78 is 2.80. The summed E-state index contributed by atoms with van der Waals surface area (Å²) in [5, 5.41) is 8.31. The van der Waals surface area contributed by atoms with Gasteiger partial charge in [-0.2, -0.15) is 5.10 Å². The van der Waals surface area contributed by atoms with Crippen LogP contribution in [0.2, 0.25) is 5.02 Å². The minimum absolute atomic E-state index is 0.719. The summed E-state index contributed by atoms with van der Waals surface area (Å²) in [6.45, 7) is 0.750. The highest BCUT2D eigenvalue weighted by atomic mass is 79.9. The lowest BCUT2D eigenvalue weighted by Crippen LogP contribution is -2.01. The molecule has 0 unspecified atom stereocenters. The maximum absolute atomic E-state index is 5.93. The van der Waals surface area contributed by atoms with E-state index in [9.17, 15) is 0 Å². The van der Waals surface area contributed by atoms with Crippen LogP contribution in [-0.4, -0.2) is 9.78 Å². The van der Waals surface area contributed by atoms with E-state index in [1.54, 1.807) is 6.20 Å². The van der Waals surface area contributed by atoms with Crippen molar-refractivity contribution in [3.8, 4) is 5.69 Å². The number of nitrogens with zero attached hydrogens (tertiary/aromatic N) is 2. The van der Waals surface area contributed by atoms with Gasteiger partial charge in [0, 0.05) is 34.1 Å². The Labute approximate surface area is 136 Å². The van der Waals surface area contributed by atoms with Gasteiger partial charge in [-0.25, -0.2) is 4.68 Å². The van der Waals surface area contributed by atoms with Crippen LogP contribution in [-0.2, 0) is 6.54 Å². The Morgan fingerprint density at radius 1 is 1.14 bits per heavy atom. The van der Waals surface area contributed by atoms with Crippen LogP contribution in [0.1, 0.15) is 5.56 Å². The van der Waals surface area contributed by atoms with Crippen LogP contribution in [0, 0.1) is 0 Å². The Morgan fingerprint density at radius 2 is 1.95 bits per heavy atom. The largest absolute Gasteiger partial charge is 0.380 e. The number of nitrogens with one attached hydrogen (secondary N) is 1. The molecule has 0 aliphatic rings. The Hall–Kier alpha value is -1.78. The van der Waals surface area contributed by atoms with Gasteiger partial charge in [0.2, 0.25) is 0 Å². The Morgan fingerprint density at radius 3 is 2.62 bits per heavy atom. The van der Waals surface area contributed by atoms with Crippen LogP contribution in [0.15, 0.2) is 65.4 Å².